The van der Waals surface area contributed by atoms with Crippen LogP contribution in [-0.2, 0) is 14.3 Å². The molecule has 0 unspecified atom stereocenters. The minimum absolute atomic E-state index is 0. The predicted molar refractivity (Wildman–Crippen MR) is 126 cm³/mol. The third-order valence-electron chi connectivity index (χ3n) is 4.61. The van der Waals surface area contributed by atoms with Crippen LogP contribution in [0.4, 0.5) is 5.82 Å². The van der Waals surface area contributed by atoms with Gasteiger partial charge in [0.1, 0.15) is 5.82 Å². The second-order valence-electron chi connectivity index (χ2n) is 6.90. The van der Waals surface area contributed by atoms with Gasteiger partial charge in [-0.05, 0) is 37.8 Å². The fraction of sp³-hybridized carbons (Fsp3) is 0.650. The summed E-state index contributed by atoms with van der Waals surface area (Å²) in [6, 6.07) is 3.73. The SMILES string of the molecule is CN=C(NCCC(=O)Nc1ccc(C)cn1)N1CCC(OCCCOC)CC1.I. The Labute approximate surface area is 190 Å². The molecule has 0 aliphatic carbocycles. The van der Waals surface area contributed by atoms with Crippen LogP contribution in [0.25, 0.3) is 0 Å². The predicted octanol–water partition coefficient (Wildman–Crippen LogP) is 2.43. The number of guanidine groups is 1. The highest BCUT2D eigenvalue weighted by molar-refractivity contribution is 14.0. The number of nitrogens with zero attached hydrogens (tertiary/aromatic N) is 3. The number of rotatable bonds is 9. The number of hydrogen-bond donors (Lipinski definition) is 2. The fourth-order valence-corrected chi connectivity index (χ4v) is 3.05. The maximum Gasteiger partial charge on any atom is 0.227 e. The number of pyridine rings is 1. The van der Waals surface area contributed by atoms with E-state index in [0.717, 1.165) is 57.1 Å². The van der Waals surface area contributed by atoms with Gasteiger partial charge in [0.05, 0.1) is 6.10 Å². The second kappa shape index (κ2) is 14.5. The number of nitrogens with one attached hydrogen (secondary N) is 2. The zero-order chi connectivity index (χ0) is 20.2. The van der Waals surface area contributed by atoms with Crippen molar-refractivity contribution in [2.75, 3.05) is 52.3 Å². The van der Waals surface area contributed by atoms with Gasteiger partial charge in [0.2, 0.25) is 5.91 Å². The van der Waals surface area contributed by atoms with Gasteiger partial charge >= 0.3 is 0 Å². The molecule has 1 aliphatic heterocycles. The van der Waals surface area contributed by atoms with Gasteiger partial charge in [-0.3, -0.25) is 9.79 Å². The van der Waals surface area contributed by atoms with E-state index < -0.39 is 0 Å². The van der Waals surface area contributed by atoms with E-state index in [1.54, 1.807) is 26.4 Å². The lowest BCUT2D eigenvalue weighted by Gasteiger charge is -2.34. The van der Waals surface area contributed by atoms with Gasteiger partial charge in [0.15, 0.2) is 5.96 Å². The molecule has 1 aromatic heterocycles. The smallest absolute Gasteiger partial charge is 0.227 e. The number of piperidine rings is 1. The van der Waals surface area contributed by atoms with Crippen molar-refractivity contribution in [3.05, 3.63) is 23.9 Å². The molecular formula is C20H34IN5O3. The minimum Gasteiger partial charge on any atom is -0.385 e. The zero-order valence-corrected chi connectivity index (χ0v) is 20.0. The van der Waals surface area contributed by atoms with Crippen LogP contribution in [0.2, 0.25) is 0 Å². The Hall–Kier alpha value is -1.46. The topological polar surface area (TPSA) is 88.1 Å². The van der Waals surface area contributed by atoms with Crippen LogP contribution in [0.3, 0.4) is 0 Å². The number of amides is 1. The minimum atomic E-state index is -0.0672. The van der Waals surface area contributed by atoms with Gasteiger partial charge < -0.3 is 25.0 Å². The summed E-state index contributed by atoms with van der Waals surface area (Å²) in [6.45, 7) is 5.77. The Balaban J connectivity index is 0.00000420. The number of likely N-dealkylation sites (tertiary alicyclic amines) is 1. The van der Waals surface area contributed by atoms with Crippen LogP contribution in [0, 0.1) is 6.92 Å². The first-order chi connectivity index (χ1) is 13.6. The van der Waals surface area contributed by atoms with Crippen molar-refractivity contribution < 1.29 is 14.3 Å². The van der Waals surface area contributed by atoms with Crippen molar-refractivity contribution >= 4 is 41.7 Å². The molecule has 0 radical (unpaired) electrons. The van der Waals surface area contributed by atoms with Crippen molar-refractivity contribution in [1.82, 2.24) is 15.2 Å². The van der Waals surface area contributed by atoms with E-state index in [9.17, 15) is 4.79 Å². The van der Waals surface area contributed by atoms with Crippen LogP contribution >= 0.6 is 24.0 Å². The number of halogens is 1. The standard InChI is InChI=1S/C20H33N5O3.HI/c1-16-5-6-18(23-15-16)24-19(26)7-10-22-20(21-2)25-11-8-17(9-12-25)28-14-4-13-27-3;/h5-6,15,17H,4,7-14H2,1-3H3,(H,21,22)(H,23,24,26);1H. The molecule has 2 N–H and O–H groups in total. The number of aryl methyl sites for hydroxylation is 1. The first kappa shape index (κ1) is 25.6. The molecule has 0 spiro atoms. The Morgan fingerprint density at radius 1 is 1.31 bits per heavy atom. The summed E-state index contributed by atoms with van der Waals surface area (Å²) in [6.07, 6.45) is 5.29. The van der Waals surface area contributed by atoms with Crippen LogP contribution in [0.1, 0.15) is 31.2 Å². The van der Waals surface area contributed by atoms with E-state index >= 15 is 0 Å². The number of carbonyl (C=O) groups excluding carboxylic acids is 1. The Morgan fingerprint density at radius 2 is 2.07 bits per heavy atom. The first-order valence-electron chi connectivity index (χ1n) is 9.91. The van der Waals surface area contributed by atoms with Gasteiger partial charge in [0.25, 0.3) is 0 Å². The largest absolute Gasteiger partial charge is 0.385 e. The highest BCUT2D eigenvalue weighted by atomic mass is 127. The summed E-state index contributed by atoms with van der Waals surface area (Å²) in [5.74, 6) is 1.34. The average molecular weight is 519 g/mol. The van der Waals surface area contributed by atoms with Crippen LogP contribution in [0.15, 0.2) is 23.3 Å². The molecule has 1 amide bonds. The molecule has 1 aromatic rings. The molecule has 1 aliphatic rings. The monoisotopic (exact) mass is 519 g/mol. The molecule has 29 heavy (non-hydrogen) atoms. The Kier molecular flexibility index (Phi) is 12.8. The number of ether oxygens (including phenoxy) is 2. The van der Waals surface area contributed by atoms with E-state index in [2.05, 4.69) is 25.5 Å². The van der Waals surface area contributed by atoms with Crippen LogP contribution in [-0.4, -0.2) is 74.9 Å². The van der Waals surface area contributed by atoms with Gasteiger partial charge in [-0.1, -0.05) is 6.07 Å². The Morgan fingerprint density at radius 3 is 2.69 bits per heavy atom. The molecule has 0 atom stereocenters. The molecule has 2 heterocycles. The molecule has 0 aromatic carbocycles. The number of methoxy groups -OCH3 is 1. The molecule has 1 saturated heterocycles. The van der Waals surface area contributed by atoms with E-state index in [4.69, 9.17) is 9.47 Å². The number of aromatic nitrogens is 1. The summed E-state index contributed by atoms with van der Waals surface area (Å²) in [5, 5.41) is 6.08. The molecular weight excluding hydrogens is 485 g/mol. The van der Waals surface area contributed by atoms with Crippen molar-refractivity contribution in [2.45, 2.75) is 38.7 Å². The summed E-state index contributed by atoms with van der Waals surface area (Å²) < 4.78 is 10.9. The number of anilines is 1. The molecule has 9 heteroatoms. The van der Waals surface area contributed by atoms with E-state index in [1.807, 2.05) is 13.0 Å². The maximum atomic E-state index is 12.1. The normalized spacial score (nSPS) is 15.0. The van der Waals surface area contributed by atoms with Crippen molar-refractivity contribution in [3.63, 3.8) is 0 Å². The van der Waals surface area contributed by atoms with Crippen molar-refractivity contribution in [1.29, 1.82) is 0 Å². The molecule has 0 saturated carbocycles. The van der Waals surface area contributed by atoms with E-state index in [1.165, 1.54) is 0 Å². The van der Waals surface area contributed by atoms with Gasteiger partial charge in [0, 0.05) is 59.6 Å². The zero-order valence-electron chi connectivity index (χ0n) is 17.6. The lowest BCUT2D eigenvalue weighted by atomic mass is 10.1. The van der Waals surface area contributed by atoms with Crippen molar-refractivity contribution in [3.8, 4) is 0 Å². The quantitative estimate of drug-likeness (QED) is 0.226. The van der Waals surface area contributed by atoms with Crippen LogP contribution in [0.5, 0.6) is 0 Å². The highest BCUT2D eigenvalue weighted by Crippen LogP contribution is 2.14. The molecule has 1 fully saturated rings. The van der Waals surface area contributed by atoms with Crippen LogP contribution < -0.4 is 10.6 Å². The third-order valence-corrected chi connectivity index (χ3v) is 4.61. The Bertz CT molecular complexity index is 619. The molecule has 164 valence electrons. The third kappa shape index (κ3) is 9.72. The lowest BCUT2D eigenvalue weighted by Crippen LogP contribution is -2.47. The summed E-state index contributed by atoms with van der Waals surface area (Å²) in [4.78, 5) is 22.8. The number of carbonyl (C=O) groups is 1. The summed E-state index contributed by atoms with van der Waals surface area (Å²) in [7, 11) is 3.48. The summed E-state index contributed by atoms with van der Waals surface area (Å²) >= 11 is 0. The van der Waals surface area contributed by atoms with Gasteiger partial charge in [-0.15, -0.1) is 24.0 Å². The lowest BCUT2D eigenvalue weighted by molar-refractivity contribution is -0.116. The molecule has 2 rings (SSSR count). The second-order valence-corrected chi connectivity index (χ2v) is 6.90. The summed E-state index contributed by atoms with van der Waals surface area (Å²) in [5.41, 5.74) is 1.06. The first-order valence-corrected chi connectivity index (χ1v) is 9.91. The average Bonchev–Trinajstić information content (AvgIpc) is 2.71. The maximum absolute atomic E-state index is 12.1. The van der Waals surface area contributed by atoms with Gasteiger partial charge in [-0.2, -0.15) is 0 Å². The molecule has 8 nitrogen and oxygen atoms in total. The molecule has 0 bridgehead atoms. The highest BCUT2D eigenvalue weighted by Gasteiger charge is 2.21. The van der Waals surface area contributed by atoms with E-state index in [-0.39, 0.29) is 29.9 Å². The van der Waals surface area contributed by atoms with E-state index in [0.29, 0.717) is 24.9 Å². The fourth-order valence-electron chi connectivity index (χ4n) is 3.05. The number of hydrogen-bond acceptors (Lipinski definition) is 5. The van der Waals surface area contributed by atoms with Crippen molar-refractivity contribution in [2.24, 2.45) is 4.99 Å². The van der Waals surface area contributed by atoms with Gasteiger partial charge in [-0.25, -0.2) is 4.98 Å². The number of aliphatic imine (C=N–C) groups is 1.